The van der Waals surface area contributed by atoms with Crippen LogP contribution in [0.5, 0.6) is 0 Å². The zero-order valence-corrected chi connectivity index (χ0v) is 14.4. The van der Waals surface area contributed by atoms with Crippen LogP contribution in [0.25, 0.3) is 0 Å². The Morgan fingerprint density at radius 1 is 1.13 bits per heavy atom. The molecular formula is C18H28N4O. The Balaban J connectivity index is 1.66. The molecule has 0 aromatic carbocycles. The largest absolute Gasteiger partial charge is 0.368 e. The normalized spacial score (nSPS) is 20.8. The standard InChI is InChI=1S/C18H28N4O/c1-3-20-8-10-21(11-9-20)17-12-16(13-19-14-17)18(23)22-6-4-15(2)5-7-22/h12-15H,3-11H2,1-2H3. The molecule has 5 nitrogen and oxygen atoms in total. The SMILES string of the molecule is CCN1CCN(c2cncc(C(=O)N3CCC(C)CC3)c2)CC1. The number of carbonyl (C=O) groups excluding carboxylic acids is 1. The zero-order valence-electron chi connectivity index (χ0n) is 14.4. The first kappa shape index (κ1) is 16.2. The van der Waals surface area contributed by atoms with E-state index in [-0.39, 0.29) is 5.91 Å². The first-order valence-corrected chi connectivity index (χ1v) is 8.89. The number of piperidine rings is 1. The third-order valence-corrected chi connectivity index (χ3v) is 5.23. The molecule has 0 atom stereocenters. The number of aromatic nitrogens is 1. The topological polar surface area (TPSA) is 39.7 Å². The van der Waals surface area contributed by atoms with Crippen LogP contribution in [0, 0.1) is 5.92 Å². The lowest BCUT2D eigenvalue weighted by Gasteiger charge is -2.35. The number of pyridine rings is 1. The Morgan fingerprint density at radius 3 is 2.48 bits per heavy atom. The molecule has 0 aliphatic carbocycles. The van der Waals surface area contributed by atoms with E-state index in [0.717, 1.165) is 75.8 Å². The molecule has 0 N–H and O–H groups in total. The van der Waals surface area contributed by atoms with Gasteiger partial charge in [-0.1, -0.05) is 13.8 Å². The van der Waals surface area contributed by atoms with Crippen molar-refractivity contribution < 1.29 is 4.79 Å². The average molecular weight is 316 g/mol. The van der Waals surface area contributed by atoms with Crippen LogP contribution >= 0.6 is 0 Å². The lowest BCUT2D eigenvalue weighted by molar-refractivity contribution is 0.0697. The summed E-state index contributed by atoms with van der Waals surface area (Å²) in [5.41, 5.74) is 1.81. The quantitative estimate of drug-likeness (QED) is 0.856. The number of carbonyl (C=O) groups is 1. The number of likely N-dealkylation sites (N-methyl/N-ethyl adjacent to an activating group) is 1. The minimum atomic E-state index is 0.137. The Bertz CT molecular complexity index is 532. The average Bonchev–Trinajstić information content (AvgIpc) is 2.62. The van der Waals surface area contributed by atoms with E-state index in [1.807, 2.05) is 17.2 Å². The number of anilines is 1. The second kappa shape index (κ2) is 7.30. The van der Waals surface area contributed by atoms with Crippen molar-refractivity contribution in [3.8, 4) is 0 Å². The van der Waals surface area contributed by atoms with Gasteiger partial charge in [0.15, 0.2) is 0 Å². The van der Waals surface area contributed by atoms with E-state index in [9.17, 15) is 4.79 Å². The second-order valence-electron chi connectivity index (χ2n) is 6.83. The summed E-state index contributed by atoms with van der Waals surface area (Å²) in [7, 11) is 0. The van der Waals surface area contributed by atoms with E-state index in [2.05, 4.69) is 28.6 Å². The number of amides is 1. The maximum atomic E-state index is 12.7. The molecule has 0 unspecified atom stereocenters. The molecule has 1 aromatic rings. The highest BCUT2D eigenvalue weighted by Gasteiger charge is 2.23. The molecule has 2 aliphatic rings. The summed E-state index contributed by atoms with van der Waals surface area (Å²) in [6, 6.07) is 2.02. The third kappa shape index (κ3) is 3.83. The number of piperazine rings is 1. The van der Waals surface area contributed by atoms with Gasteiger partial charge in [-0.3, -0.25) is 9.78 Å². The fourth-order valence-electron chi connectivity index (χ4n) is 3.43. The van der Waals surface area contributed by atoms with Crippen LogP contribution in [-0.2, 0) is 0 Å². The summed E-state index contributed by atoms with van der Waals surface area (Å²) in [5, 5.41) is 0. The molecule has 0 spiro atoms. The van der Waals surface area contributed by atoms with Gasteiger partial charge >= 0.3 is 0 Å². The van der Waals surface area contributed by atoms with Gasteiger partial charge in [-0.15, -0.1) is 0 Å². The van der Waals surface area contributed by atoms with Crippen molar-refractivity contribution in [3.63, 3.8) is 0 Å². The van der Waals surface area contributed by atoms with Gasteiger partial charge in [0.1, 0.15) is 0 Å². The summed E-state index contributed by atoms with van der Waals surface area (Å²) in [5.74, 6) is 0.872. The molecular weight excluding hydrogens is 288 g/mol. The van der Waals surface area contributed by atoms with Gasteiger partial charge in [-0.2, -0.15) is 0 Å². The Kier molecular flexibility index (Phi) is 5.16. The molecule has 2 fully saturated rings. The minimum absolute atomic E-state index is 0.137. The molecule has 2 saturated heterocycles. The van der Waals surface area contributed by atoms with Gasteiger partial charge in [0.05, 0.1) is 17.4 Å². The fraction of sp³-hybridized carbons (Fsp3) is 0.667. The molecule has 2 aliphatic heterocycles. The predicted molar refractivity (Wildman–Crippen MR) is 92.9 cm³/mol. The summed E-state index contributed by atoms with van der Waals surface area (Å²) >= 11 is 0. The first-order chi connectivity index (χ1) is 11.2. The first-order valence-electron chi connectivity index (χ1n) is 8.89. The van der Waals surface area contributed by atoms with Crippen LogP contribution in [0.15, 0.2) is 18.5 Å². The van der Waals surface area contributed by atoms with Crippen LogP contribution in [0.3, 0.4) is 0 Å². The zero-order chi connectivity index (χ0) is 16.2. The van der Waals surface area contributed by atoms with Gasteiger partial charge in [0.25, 0.3) is 5.91 Å². The molecule has 0 bridgehead atoms. The van der Waals surface area contributed by atoms with Crippen LogP contribution < -0.4 is 4.90 Å². The lowest BCUT2D eigenvalue weighted by atomic mass is 9.99. The number of hydrogen-bond acceptors (Lipinski definition) is 4. The van der Waals surface area contributed by atoms with E-state index in [4.69, 9.17) is 0 Å². The summed E-state index contributed by atoms with van der Waals surface area (Å²) in [6.07, 6.45) is 5.82. The molecule has 0 saturated carbocycles. The highest BCUT2D eigenvalue weighted by Crippen LogP contribution is 2.21. The lowest BCUT2D eigenvalue weighted by Crippen LogP contribution is -2.46. The van der Waals surface area contributed by atoms with Gasteiger partial charge in [-0.25, -0.2) is 0 Å². The van der Waals surface area contributed by atoms with Crippen molar-refractivity contribution in [2.45, 2.75) is 26.7 Å². The Labute approximate surface area is 139 Å². The number of rotatable bonds is 3. The van der Waals surface area contributed by atoms with Crippen molar-refractivity contribution in [1.82, 2.24) is 14.8 Å². The highest BCUT2D eigenvalue weighted by atomic mass is 16.2. The predicted octanol–water partition coefficient (Wildman–Crippen LogP) is 2.10. The van der Waals surface area contributed by atoms with E-state index < -0.39 is 0 Å². The molecule has 23 heavy (non-hydrogen) atoms. The molecule has 0 radical (unpaired) electrons. The number of likely N-dealkylation sites (tertiary alicyclic amines) is 1. The van der Waals surface area contributed by atoms with Crippen LogP contribution in [0.1, 0.15) is 37.0 Å². The van der Waals surface area contributed by atoms with E-state index >= 15 is 0 Å². The van der Waals surface area contributed by atoms with Gasteiger partial charge in [0.2, 0.25) is 0 Å². The molecule has 5 heteroatoms. The van der Waals surface area contributed by atoms with Crippen LogP contribution in [0.2, 0.25) is 0 Å². The van der Waals surface area contributed by atoms with Crippen molar-refractivity contribution in [1.29, 1.82) is 0 Å². The second-order valence-corrected chi connectivity index (χ2v) is 6.83. The summed E-state index contributed by atoms with van der Waals surface area (Å²) < 4.78 is 0. The van der Waals surface area contributed by atoms with Crippen molar-refractivity contribution in [2.75, 3.05) is 50.7 Å². The van der Waals surface area contributed by atoms with E-state index in [0.29, 0.717) is 0 Å². The summed E-state index contributed by atoms with van der Waals surface area (Å²) in [4.78, 5) is 23.8. The Hall–Kier alpha value is -1.62. The number of hydrogen-bond donors (Lipinski definition) is 0. The molecule has 1 aromatic heterocycles. The fourth-order valence-corrected chi connectivity index (χ4v) is 3.43. The van der Waals surface area contributed by atoms with E-state index in [1.165, 1.54) is 0 Å². The van der Waals surface area contributed by atoms with Crippen molar-refractivity contribution in [2.24, 2.45) is 5.92 Å². The minimum Gasteiger partial charge on any atom is -0.368 e. The van der Waals surface area contributed by atoms with Crippen LogP contribution in [-0.4, -0.2) is 66.5 Å². The molecule has 1 amide bonds. The smallest absolute Gasteiger partial charge is 0.255 e. The monoisotopic (exact) mass is 316 g/mol. The highest BCUT2D eigenvalue weighted by molar-refractivity contribution is 5.94. The molecule has 3 rings (SSSR count). The van der Waals surface area contributed by atoms with Crippen LogP contribution in [0.4, 0.5) is 5.69 Å². The third-order valence-electron chi connectivity index (χ3n) is 5.23. The maximum Gasteiger partial charge on any atom is 0.255 e. The summed E-state index contributed by atoms with van der Waals surface area (Å²) in [6.45, 7) is 11.5. The van der Waals surface area contributed by atoms with Crippen molar-refractivity contribution in [3.05, 3.63) is 24.0 Å². The van der Waals surface area contributed by atoms with Crippen molar-refractivity contribution >= 4 is 11.6 Å². The van der Waals surface area contributed by atoms with Gasteiger partial charge < -0.3 is 14.7 Å². The maximum absolute atomic E-state index is 12.7. The Morgan fingerprint density at radius 2 is 1.83 bits per heavy atom. The van der Waals surface area contributed by atoms with Gasteiger partial charge in [-0.05, 0) is 31.4 Å². The molecule has 126 valence electrons. The van der Waals surface area contributed by atoms with Gasteiger partial charge in [0, 0.05) is 45.5 Å². The number of nitrogens with zero attached hydrogens (tertiary/aromatic N) is 4. The molecule has 3 heterocycles. The van der Waals surface area contributed by atoms with E-state index in [1.54, 1.807) is 6.20 Å².